The number of carbonyl (C=O) groups is 1. The molecule has 2 aliphatic heterocycles. The molecule has 0 bridgehead atoms. The Morgan fingerprint density at radius 1 is 1.52 bits per heavy atom. The first kappa shape index (κ1) is 15.3. The van der Waals surface area contributed by atoms with Crippen LogP contribution in [0.25, 0.3) is 5.57 Å². The van der Waals surface area contributed by atoms with Crippen molar-refractivity contribution in [3.63, 3.8) is 0 Å². The molecule has 2 aliphatic rings. The summed E-state index contributed by atoms with van der Waals surface area (Å²) >= 11 is 0. The molecule has 7 nitrogen and oxygen atoms in total. The number of likely N-dealkylation sites (tertiary alicyclic amines) is 1. The maximum atomic E-state index is 12.1. The number of amides is 1. The molecule has 3 atom stereocenters. The van der Waals surface area contributed by atoms with E-state index in [1.807, 2.05) is 6.92 Å². The monoisotopic (exact) mass is 318 g/mol. The van der Waals surface area contributed by atoms with Crippen molar-refractivity contribution in [2.45, 2.75) is 38.0 Å². The quantitative estimate of drug-likeness (QED) is 0.587. The average Bonchev–Trinajstić information content (AvgIpc) is 2.73. The maximum absolute atomic E-state index is 12.1. The molecule has 3 rings (SSSR count). The Kier molecular flexibility index (Phi) is 3.71. The number of benzene rings is 1. The van der Waals surface area contributed by atoms with Crippen LogP contribution in [-0.2, 0) is 4.74 Å². The zero-order valence-corrected chi connectivity index (χ0v) is 13.0. The molecule has 1 saturated heterocycles. The van der Waals surface area contributed by atoms with E-state index in [1.54, 1.807) is 17.0 Å². The van der Waals surface area contributed by atoms with Crippen molar-refractivity contribution in [1.29, 1.82) is 0 Å². The molecular weight excluding hydrogens is 300 g/mol. The van der Waals surface area contributed by atoms with Crippen LogP contribution in [0.5, 0.6) is 5.75 Å². The van der Waals surface area contributed by atoms with Crippen LogP contribution in [0.2, 0.25) is 0 Å². The van der Waals surface area contributed by atoms with Crippen LogP contribution >= 0.6 is 0 Å². The highest BCUT2D eigenvalue weighted by Crippen LogP contribution is 2.43. The lowest BCUT2D eigenvalue weighted by molar-refractivity contribution is -0.385. The van der Waals surface area contributed by atoms with Gasteiger partial charge in [-0.3, -0.25) is 15.0 Å². The third kappa shape index (κ3) is 2.42. The van der Waals surface area contributed by atoms with Crippen molar-refractivity contribution in [3.05, 3.63) is 40.5 Å². The smallest absolute Gasteiger partial charge is 0.410 e. The summed E-state index contributed by atoms with van der Waals surface area (Å²) in [5.41, 5.74) is 0.998. The molecule has 1 aromatic rings. The average molecular weight is 318 g/mol. The number of hydrogen-bond acceptors (Lipinski definition) is 5. The van der Waals surface area contributed by atoms with Crippen LogP contribution in [0.3, 0.4) is 0 Å². The summed E-state index contributed by atoms with van der Waals surface area (Å²) < 4.78 is 10.9. The molecule has 7 heteroatoms. The van der Waals surface area contributed by atoms with E-state index < -0.39 is 11.0 Å². The van der Waals surface area contributed by atoms with E-state index in [0.717, 1.165) is 0 Å². The van der Waals surface area contributed by atoms with Crippen LogP contribution in [0.15, 0.2) is 24.8 Å². The third-order valence-corrected chi connectivity index (χ3v) is 4.51. The van der Waals surface area contributed by atoms with Gasteiger partial charge < -0.3 is 9.47 Å². The van der Waals surface area contributed by atoms with Gasteiger partial charge in [0.25, 0.3) is 5.69 Å². The number of nitro groups is 1. The minimum atomic E-state index is -0.435. The lowest BCUT2D eigenvalue weighted by atomic mass is 9.97. The number of ether oxygens (including phenoxy) is 2. The number of rotatable bonds is 1. The first-order valence-electron chi connectivity index (χ1n) is 7.42. The van der Waals surface area contributed by atoms with E-state index in [0.29, 0.717) is 29.7 Å². The molecule has 0 radical (unpaired) electrons. The van der Waals surface area contributed by atoms with Gasteiger partial charge in [-0.1, -0.05) is 12.6 Å². The molecule has 0 aliphatic carbocycles. The Morgan fingerprint density at radius 3 is 2.91 bits per heavy atom. The zero-order chi connectivity index (χ0) is 16.7. The highest BCUT2D eigenvalue weighted by molar-refractivity contribution is 5.78. The standard InChI is InChI=1S/C16H18N2O5/c1-9-7-12-14(8-10(2)17(12)16(19)22-3)23-13-6-4-5-11(15(9)13)18(20)21/h4-6,10,12,14H,1,7-8H2,2-3H3/t10-,12-,14+/m1/s1. The van der Waals surface area contributed by atoms with Gasteiger partial charge in [0.05, 0.1) is 23.6 Å². The summed E-state index contributed by atoms with van der Waals surface area (Å²) in [5, 5.41) is 11.3. The second kappa shape index (κ2) is 5.57. The molecule has 0 N–H and O–H groups in total. The number of nitrogens with zero attached hydrogens (tertiary/aromatic N) is 2. The lowest BCUT2D eigenvalue weighted by Crippen LogP contribution is -2.43. The van der Waals surface area contributed by atoms with Crippen molar-refractivity contribution in [2.75, 3.05) is 7.11 Å². The molecule has 2 heterocycles. The van der Waals surface area contributed by atoms with Crippen molar-refractivity contribution < 1.29 is 19.2 Å². The predicted octanol–water partition coefficient (Wildman–Crippen LogP) is 2.99. The van der Waals surface area contributed by atoms with Gasteiger partial charge in [0.1, 0.15) is 11.9 Å². The summed E-state index contributed by atoms with van der Waals surface area (Å²) in [6.07, 6.45) is 0.419. The summed E-state index contributed by atoms with van der Waals surface area (Å²) in [5.74, 6) is 0.454. The van der Waals surface area contributed by atoms with E-state index in [2.05, 4.69) is 6.58 Å². The zero-order valence-electron chi connectivity index (χ0n) is 13.0. The Bertz CT molecular complexity index is 687. The van der Waals surface area contributed by atoms with Gasteiger partial charge in [-0.2, -0.15) is 0 Å². The number of methoxy groups -OCH3 is 1. The van der Waals surface area contributed by atoms with Crippen molar-refractivity contribution in [2.24, 2.45) is 0 Å². The van der Waals surface area contributed by atoms with E-state index in [1.165, 1.54) is 13.2 Å². The van der Waals surface area contributed by atoms with Crippen LogP contribution in [0.4, 0.5) is 10.5 Å². The second-order valence-corrected chi connectivity index (χ2v) is 5.90. The van der Waals surface area contributed by atoms with Crippen molar-refractivity contribution in [3.8, 4) is 5.75 Å². The molecular formula is C16H18N2O5. The highest BCUT2D eigenvalue weighted by Gasteiger charge is 2.46. The molecule has 0 saturated carbocycles. The van der Waals surface area contributed by atoms with Crippen LogP contribution in [-0.4, -0.2) is 41.2 Å². The Hall–Kier alpha value is -2.57. The Labute approximate surface area is 133 Å². The highest BCUT2D eigenvalue weighted by atomic mass is 16.6. The fraction of sp³-hybridized carbons (Fsp3) is 0.438. The normalized spacial score (nSPS) is 25.9. The van der Waals surface area contributed by atoms with Gasteiger partial charge in [-0.25, -0.2) is 4.79 Å². The first-order valence-corrected chi connectivity index (χ1v) is 7.42. The third-order valence-electron chi connectivity index (χ3n) is 4.51. The molecule has 0 aromatic heterocycles. The fourth-order valence-electron chi connectivity index (χ4n) is 3.53. The SMILES string of the molecule is C=C1C[C@@H]2[C@H](C[C@@H](C)N2C(=O)OC)Oc2cccc([N+](=O)[O-])c21. The van der Waals surface area contributed by atoms with E-state index in [4.69, 9.17) is 9.47 Å². The summed E-state index contributed by atoms with van der Waals surface area (Å²) in [4.78, 5) is 24.5. The predicted molar refractivity (Wildman–Crippen MR) is 83.3 cm³/mol. The van der Waals surface area contributed by atoms with Crippen molar-refractivity contribution in [1.82, 2.24) is 4.90 Å². The summed E-state index contributed by atoms with van der Waals surface area (Å²) in [7, 11) is 1.34. The molecule has 0 spiro atoms. The Morgan fingerprint density at radius 2 is 2.26 bits per heavy atom. The number of nitro benzene ring substituents is 1. The Balaban J connectivity index is 2.02. The van der Waals surface area contributed by atoms with E-state index in [-0.39, 0.29) is 23.9 Å². The molecule has 1 fully saturated rings. The van der Waals surface area contributed by atoms with Gasteiger partial charge in [-0.05, 0) is 25.0 Å². The summed E-state index contributed by atoms with van der Waals surface area (Å²) in [6, 6.07) is 4.49. The molecule has 122 valence electrons. The van der Waals surface area contributed by atoms with Gasteiger partial charge in [0, 0.05) is 18.5 Å². The number of fused-ring (bicyclic) bond motifs is 2. The number of carbonyl (C=O) groups excluding carboxylic acids is 1. The van der Waals surface area contributed by atoms with Gasteiger partial charge >= 0.3 is 6.09 Å². The van der Waals surface area contributed by atoms with Crippen LogP contribution < -0.4 is 4.74 Å². The number of hydrogen-bond donors (Lipinski definition) is 0. The van der Waals surface area contributed by atoms with Crippen molar-refractivity contribution >= 4 is 17.4 Å². The topological polar surface area (TPSA) is 81.9 Å². The summed E-state index contributed by atoms with van der Waals surface area (Å²) in [6.45, 7) is 5.94. The minimum Gasteiger partial charge on any atom is -0.487 e. The minimum absolute atomic E-state index is 0.0227. The van der Waals surface area contributed by atoms with E-state index in [9.17, 15) is 14.9 Å². The fourth-order valence-corrected chi connectivity index (χ4v) is 3.53. The lowest BCUT2D eigenvalue weighted by Gasteiger charge is -2.27. The van der Waals surface area contributed by atoms with Gasteiger partial charge in [0.2, 0.25) is 0 Å². The van der Waals surface area contributed by atoms with Crippen LogP contribution in [0.1, 0.15) is 25.3 Å². The first-order chi connectivity index (χ1) is 10.9. The van der Waals surface area contributed by atoms with Crippen LogP contribution in [0, 0.1) is 10.1 Å². The van der Waals surface area contributed by atoms with Gasteiger partial charge in [-0.15, -0.1) is 0 Å². The maximum Gasteiger partial charge on any atom is 0.410 e. The van der Waals surface area contributed by atoms with E-state index >= 15 is 0 Å². The molecule has 23 heavy (non-hydrogen) atoms. The molecule has 1 aromatic carbocycles. The molecule has 1 amide bonds. The van der Waals surface area contributed by atoms with Gasteiger partial charge in [0.15, 0.2) is 0 Å². The molecule has 0 unspecified atom stereocenters. The largest absolute Gasteiger partial charge is 0.487 e. The second-order valence-electron chi connectivity index (χ2n) is 5.90.